The van der Waals surface area contributed by atoms with E-state index in [0.29, 0.717) is 6.42 Å². The number of thioether (sulfide) groups is 1. The lowest BCUT2D eigenvalue weighted by Gasteiger charge is -2.44. The molecule has 0 bridgehead atoms. The fourth-order valence-corrected chi connectivity index (χ4v) is 4.57. The highest BCUT2D eigenvalue weighted by atomic mass is 32.2. The third-order valence-electron chi connectivity index (χ3n) is 5.02. The van der Waals surface area contributed by atoms with Crippen LogP contribution < -0.4 is 0 Å². The number of rotatable bonds is 13. The van der Waals surface area contributed by atoms with E-state index in [-0.39, 0.29) is 13.2 Å². The first-order valence-corrected chi connectivity index (χ1v) is 12.9. The van der Waals surface area contributed by atoms with E-state index in [2.05, 4.69) is 12.1 Å². The number of hydrogen-bond donors (Lipinski definition) is 0. The molecule has 5 atom stereocenters. The third kappa shape index (κ3) is 10.5. The fourth-order valence-electron chi connectivity index (χ4n) is 3.59. The van der Waals surface area contributed by atoms with E-state index >= 15 is 0 Å². The topological polar surface area (TPSA) is 124 Å². The van der Waals surface area contributed by atoms with Crippen LogP contribution in [0.25, 0.3) is 0 Å². The van der Waals surface area contributed by atoms with Crippen LogP contribution in [-0.4, -0.2) is 73.5 Å². The van der Waals surface area contributed by atoms with Crippen molar-refractivity contribution in [1.82, 2.24) is 0 Å². The maximum Gasteiger partial charge on any atom is 0.303 e. The number of ether oxygens (including phenoxy) is 6. The van der Waals surface area contributed by atoms with E-state index in [4.69, 9.17) is 28.4 Å². The van der Waals surface area contributed by atoms with Gasteiger partial charge in [0.2, 0.25) is 0 Å². The van der Waals surface area contributed by atoms with Gasteiger partial charge in [-0.2, -0.15) is 11.8 Å². The van der Waals surface area contributed by atoms with Crippen molar-refractivity contribution in [2.24, 2.45) is 0 Å². The van der Waals surface area contributed by atoms with E-state index in [1.165, 1.54) is 33.3 Å². The monoisotopic (exact) mass is 526 g/mol. The minimum Gasteiger partial charge on any atom is -0.463 e. The largest absolute Gasteiger partial charge is 0.463 e. The molecule has 0 N–H and O–H groups in total. The Labute approximate surface area is 215 Å². The summed E-state index contributed by atoms with van der Waals surface area (Å²) in [6.45, 7) is 4.76. The van der Waals surface area contributed by atoms with Crippen LogP contribution in [-0.2, 0) is 53.4 Å². The SMILES string of the molecule is CC(=O)OC[C@H]1O[C@H](OCCCCSCc2ccccc2)[C@H](OC(C)=O)[C@@H](OC(C)=O)[C@@H]1OC(C)=O. The first kappa shape index (κ1) is 29.6. The van der Waals surface area contributed by atoms with Crippen molar-refractivity contribution in [2.75, 3.05) is 19.0 Å². The van der Waals surface area contributed by atoms with Crippen molar-refractivity contribution in [1.29, 1.82) is 0 Å². The molecule has 1 fully saturated rings. The lowest BCUT2D eigenvalue weighted by atomic mass is 9.98. The van der Waals surface area contributed by atoms with Gasteiger partial charge in [0.25, 0.3) is 0 Å². The predicted molar refractivity (Wildman–Crippen MR) is 130 cm³/mol. The Kier molecular flexibility index (Phi) is 12.7. The molecule has 11 heteroatoms. The van der Waals surface area contributed by atoms with Crippen molar-refractivity contribution in [2.45, 2.75) is 77.0 Å². The lowest BCUT2D eigenvalue weighted by Crippen LogP contribution is -2.63. The molecule has 0 aliphatic carbocycles. The quantitative estimate of drug-likeness (QED) is 0.214. The van der Waals surface area contributed by atoms with Gasteiger partial charge in [-0.1, -0.05) is 30.3 Å². The zero-order valence-corrected chi connectivity index (χ0v) is 21.8. The normalized spacial score (nSPS) is 23.4. The molecule has 1 aliphatic heterocycles. The van der Waals surface area contributed by atoms with Gasteiger partial charge in [0, 0.05) is 40.1 Å². The highest BCUT2D eigenvalue weighted by Gasteiger charge is 2.52. The molecule has 0 saturated carbocycles. The molecule has 1 aliphatic rings. The number of esters is 4. The second-order valence-corrected chi connectivity index (χ2v) is 9.29. The molecule has 0 spiro atoms. The van der Waals surface area contributed by atoms with Crippen LogP contribution >= 0.6 is 11.8 Å². The Balaban J connectivity index is 2.03. The summed E-state index contributed by atoms with van der Waals surface area (Å²) in [7, 11) is 0. The Morgan fingerprint density at radius 1 is 0.806 bits per heavy atom. The van der Waals surface area contributed by atoms with Crippen LogP contribution in [0.3, 0.4) is 0 Å². The molecule has 0 unspecified atom stereocenters. The van der Waals surface area contributed by atoms with Gasteiger partial charge in [0.05, 0.1) is 0 Å². The lowest BCUT2D eigenvalue weighted by molar-refractivity contribution is -0.308. The molecule has 2 rings (SSSR count). The minimum atomic E-state index is -1.23. The second kappa shape index (κ2) is 15.5. The molecule has 1 heterocycles. The van der Waals surface area contributed by atoms with E-state index < -0.39 is 54.6 Å². The molecule has 1 aromatic rings. The molecular weight excluding hydrogens is 492 g/mol. The summed E-state index contributed by atoms with van der Waals surface area (Å²) in [5, 5.41) is 0. The van der Waals surface area contributed by atoms with Gasteiger partial charge in [-0.25, -0.2) is 0 Å². The van der Waals surface area contributed by atoms with Crippen LogP contribution in [0.4, 0.5) is 0 Å². The summed E-state index contributed by atoms with van der Waals surface area (Å²) in [5.74, 6) is -0.749. The Morgan fingerprint density at radius 3 is 2.03 bits per heavy atom. The zero-order valence-electron chi connectivity index (χ0n) is 21.0. The van der Waals surface area contributed by atoms with Crippen molar-refractivity contribution >= 4 is 35.6 Å². The second-order valence-electron chi connectivity index (χ2n) is 8.18. The molecule has 1 saturated heterocycles. The van der Waals surface area contributed by atoms with Crippen LogP contribution in [0.2, 0.25) is 0 Å². The molecule has 1 aromatic carbocycles. The summed E-state index contributed by atoms with van der Waals surface area (Å²) < 4.78 is 33.0. The Hall–Kier alpha value is -2.63. The first-order chi connectivity index (χ1) is 17.2. The average Bonchev–Trinajstić information content (AvgIpc) is 2.80. The van der Waals surface area contributed by atoms with Crippen molar-refractivity contribution in [3.8, 4) is 0 Å². The van der Waals surface area contributed by atoms with Gasteiger partial charge >= 0.3 is 23.9 Å². The van der Waals surface area contributed by atoms with Crippen molar-refractivity contribution < 1.29 is 47.6 Å². The van der Waals surface area contributed by atoms with Gasteiger partial charge in [0.1, 0.15) is 12.7 Å². The standard InChI is InChI=1S/C25H34O10S/c1-16(26)31-14-21-22(32-17(2)27)23(33-18(3)28)24(34-19(4)29)25(35-21)30-12-8-9-13-36-15-20-10-6-5-7-11-20/h5-7,10-11,21-25H,8-9,12-15H2,1-4H3/t21-,22-,23+,24-,25+/m1/s1. The number of carbonyl (C=O) groups excluding carboxylic acids is 4. The summed E-state index contributed by atoms with van der Waals surface area (Å²) >= 11 is 1.81. The fraction of sp³-hybridized carbons (Fsp3) is 0.600. The zero-order chi connectivity index (χ0) is 26.5. The third-order valence-corrected chi connectivity index (χ3v) is 6.14. The molecule has 0 aromatic heterocycles. The van der Waals surface area contributed by atoms with Gasteiger partial charge in [-0.05, 0) is 24.2 Å². The molecule has 10 nitrogen and oxygen atoms in total. The molecular formula is C25H34O10S. The summed E-state index contributed by atoms with van der Waals surface area (Å²) in [6, 6.07) is 10.2. The molecule has 0 amide bonds. The maximum atomic E-state index is 11.8. The van der Waals surface area contributed by atoms with Gasteiger partial charge in [-0.3, -0.25) is 19.2 Å². The van der Waals surface area contributed by atoms with Gasteiger partial charge in [0.15, 0.2) is 24.6 Å². The van der Waals surface area contributed by atoms with Crippen LogP contribution in [0.5, 0.6) is 0 Å². The number of benzene rings is 1. The number of hydrogen-bond acceptors (Lipinski definition) is 11. The summed E-state index contributed by atoms with van der Waals surface area (Å²) in [5.41, 5.74) is 1.26. The highest BCUT2D eigenvalue weighted by molar-refractivity contribution is 7.98. The predicted octanol–water partition coefficient (Wildman–Crippen LogP) is 2.80. The minimum absolute atomic E-state index is 0.277. The summed E-state index contributed by atoms with van der Waals surface area (Å²) in [4.78, 5) is 46.8. The van der Waals surface area contributed by atoms with E-state index in [1.54, 1.807) is 0 Å². The van der Waals surface area contributed by atoms with Crippen LogP contribution in [0.1, 0.15) is 46.1 Å². The van der Waals surface area contributed by atoms with E-state index in [1.807, 2.05) is 30.0 Å². The van der Waals surface area contributed by atoms with E-state index in [0.717, 1.165) is 17.9 Å². The van der Waals surface area contributed by atoms with Crippen LogP contribution in [0.15, 0.2) is 30.3 Å². The Morgan fingerprint density at radius 2 is 1.42 bits per heavy atom. The Bertz CT molecular complexity index is 862. The average molecular weight is 527 g/mol. The maximum absolute atomic E-state index is 11.8. The molecule has 0 radical (unpaired) electrons. The van der Waals surface area contributed by atoms with Crippen LogP contribution in [0, 0.1) is 0 Å². The smallest absolute Gasteiger partial charge is 0.303 e. The highest BCUT2D eigenvalue weighted by Crippen LogP contribution is 2.30. The van der Waals surface area contributed by atoms with Crippen molar-refractivity contribution in [3.63, 3.8) is 0 Å². The number of unbranched alkanes of at least 4 members (excludes halogenated alkanes) is 1. The number of carbonyl (C=O) groups is 4. The summed E-state index contributed by atoms with van der Waals surface area (Å²) in [6.07, 6.45) is -4.18. The van der Waals surface area contributed by atoms with Crippen molar-refractivity contribution in [3.05, 3.63) is 35.9 Å². The molecule has 200 valence electrons. The van der Waals surface area contributed by atoms with Gasteiger partial charge in [-0.15, -0.1) is 0 Å². The van der Waals surface area contributed by atoms with E-state index in [9.17, 15) is 19.2 Å². The first-order valence-electron chi connectivity index (χ1n) is 11.7. The molecule has 36 heavy (non-hydrogen) atoms. The van der Waals surface area contributed by atoms with Gasteiger partial charge < -0.3 is 28.4 Å².